The summed E-state index contributed by atoms with van der Waals surface area (Å²) in [5.41, 5.74) is 2.13. The molecular weight excluding hydrogens is 522 g/mol. The lowest BCUT2D eigenvalue weighted by Crippen LogP contribution is -2.47. The normalized spacial score (nSPS) is 15.6. The Morgan fingerprint density at radius 3 is 2.10 bits per heavy atom. The molecular formula is C32H41N3O4S. The van der Waals surface area contributed by atoms with E-state index in [1.807, 2.05) is 66.4 Å². The second-order valence-corrected chi connectivity index (χ2v) is 12.4. The number of likely N-dealkylation sites (N-methyl/N-ethyl adjacent to an activating group) is 1. The molecule has 3 aromatic rings. The van der Waals surface area contributed by atoms with Crippen LogP contribution in [-0.2, 0) is 21.4 Å². The number of carbonyl (C=O) groups is 1. The van der Waals surface area contributed by atoms with Crippen molar-refractivity contribution in [2.75, 3.05) is 39.8 Å². The second kappa shape index (κ2) is 14.4. The first-order valence-corrected chi connectivity index (χ1v) is 15.6. The number of ether oxygens (including phenoxy) is 1. The Morgan fingerprint density at radius 2 is 1.50 bits per heavy atom. The van der Waals surface area contributed by atoms with E-state index >= 15 is 0 Å². The zero-order valence-corrected chi connectivity index (χ0v) is 24.4. The maximum Gasteiger partial charge on any atom is 0.410 e. The fraction of sp³-hybridized carbons (Fsp3) is 0.406. The third-order valence-electron chi connectivity index (χ3n) is 7.77. The molecule has 4 rings (SSSR count). The molecule has 0 bridgehead atoms. The van der Waals surface area contributed by atoms with Crippen LogP contribution in [0.25, 0.3) is 0 Å². The summed E-state index contributed by atoms with van der Waals surface area (Å²) in [5, 5.41) is 0. The first-order valence-electron chi connectivity index (χ1n) is 14.1. The Morgan fingerprint density at radius 1 is 0.925 bits per heavy atom. The maximum absolute atomic E-state index is 13.2. The summed E-state index contributed by atoms with van der Waals surface area (Å²) < 4.78 is 33.5. The lowest BCUT2D eigenvalue weighted by atomic mass is 9.94. The van der Waals surface area contributed by atoms with Crippen molar-refractivity contribution in [3.63, 3.8) is 0 Å². The van der Waals surface area contributed by atoms with Crippen molar-refractivity contribution in [1.82, 2.24) is 14.1 Å². The van der Waals surface area contributed by atoms with E-state index in [0.29, 0.717) is 18.0 Å². The molecule has 0 saturated carbocycles. The van der Waals surface area contributed by atoms with Gasteiger partial charge in [0, 0.05) is 39.3 Å². The SMILES string of the molecule is CCN(C(=O)OCc1ccccc1)C1CCN(CCC(CN(C)S(=O)(=O)c2ccccc2)c2ccccc2)CC1. The number of hydrogen-bond acceptors (Lipinski definition) is 5. The van der Waals surface area contributed by atoms with Crippen molar-refractivity contribution < 1.29 is 17.9 Å². The molecule has 0 aliphatic carbocycles. The summed E-state index contributed by atoms with van der Waals surface area (Å²) >= 11 is 0. The molecule has 0 radical (unpaired) electrons. The third kappa shape index (κ3) is 7.93. The number of rotatable bonds is 12. The lowest BCUT2D eigenvalue weighted by molar-refractivity contribution is 0.0626. The number of benzene rings is 3. The first kappa shape index (κ1) is 29.8. The second-order valence-electron chi connectivity index (χ2n) is 10.4. The summed E-state index contributed by atoms with van der Waals surface area (Å²) in [6, 6.07) is 28.7. The molecule has 1 aliphatic rings. The first-order chi connectivity index (χ1) is 19.4. The molecule has 0 N–H and O–H groups in total. The van der Waals surface area contributed by atoms with Crippen LogP contribution in [0, 0.1) is 0 Å². The number of hydrogen-bond donors (Lipinski definition) is 0. The van der Waals surface area contributed by atoms with E-state index in [9.17, 15) is 13.2 Å². The fourth-order valence-corrected chi connectivity index (χ4v) is 6.64. The number of amides is 1. The Hall–Kier alpha value is -3.20. The minimum atomic E-state index is -3.57. The van der Waals surface area contributed by atoms with Crippen LogP contribution in [0.5, 0.6) is 0 Å². The van der Waals surface area contributed by atoms with Gasteiger partial charge in [-0.1, -0.05) is 78.9 Å². The van der Waals surface area contributed by atoms with Crippen molar-refractivity contribution in [1.29, 1.82) is 0 Å². The van der Waals surface area contributed by atoms with E-state index in [0.717, 1.165) is 50.0 Å². The van der Waals surface area contributed by atoms with Crippen molar-refractivity contribution >= 4 is 16.1 Å². The van der Waals surface area contributed by atoms with Gasteiger partial charge in [-0.3, -0.25) is 0 Å². The average molecular weight is 564 g/mol. The predicted molar refractivity (Wildman–Crippen MR) is 159 cm³/mol. The minimum Gasteiger partial charge on any atom is -0.445 e. The molecule has 40 heavy (non-hydrogen) atoms. The van der Waals surface area contributed by atoms with Crippen LogP contribution in [0.3, 0.4) is 0 Å². The highest BCUT2D eigenvalue weighted by molar-refractivity contribution is 7.89. The van der Waals surface area contributed by atoms with Crippen molar-refractivity contribution in [2.45, 2.75) is 49.6 Å². The Bertz CT molecular complexity index is 1280. The van der Waals surface area contributed by atoms with E-state index in [1.54, 1.807) is 31.3 Å². The predicted octanol–water partition coefficient (Wildman–Crippen LogP) is 5.60. The number of carbonyl (C=O) groups excluding carboxylic acids is 1. The summed E-state index contributed by atoms with van der Waals surface area (Å²) in [6.45, 7) is 5.98. The monoisotopic (exact) mass is 563 g/mol. The number of sulfonamides is 1. The minimum absolute atomic E-state index is 0.0718. The molecule has 1 atom stereocenters. The van der Waals surface area contributed by atoms with Gasteiger partial charge in [-0.15, -0.1) is 0 Å². The molecule has 0 aromatic heterocycles. The molecule has 1 aliphatic heterocycles. The molecule has 3 aromatic carbocycles. The molecule has 1 saturated heterocycles. The highest BCUT2D eigenvalue weighted by Crippen LogP contribution is 2.26. The maximum atomic E-state index is 13.2. The van der Waals surface area contributed by atoms with E-state index in [2.05, 4.69) is 17.0 Å². The summed E-state index contributed by atoms with van der Waals surface area (Å²) in [7, 11) is -1.90. The highest BCUT2D eigenvalue weighted by Gasteiger charge is 2.29. The zero-order chi connectivity index (χ0) is 28.4. The Balaban J connectivity index is 1.31. The summed E-state index contributed by atoms with van der Waals surface area (Å²) in [6.07, 6.45) is 2.38. The van der Waals surface area contributed by atoms with Gasteiger partial charge in [0.2, 0.25) is 10.0 Å². The standard InChI is InChI=1S/C32H41N3O4S/c1-3-35(32(36)39-26-27-13-7-4-8-14-27)30-20-23-34(24-21-30)22-19-29(28-15-9-5-10-16-28)25-33(2)40(37,38)31-17-11-6-12-18-31/h4-18,29-30H,3,19-26H2,1-2H3. The van der Waals surface area contributed by atoms with Crippen LogP contribution in [-0.4, -0.2) is 74.4 Å². The van der Waals surface area contributed by atoms with Gasteiger partial charge in [0.05, 0.1) is 4.90 Å². The van der Waals surface area contributed by atoms with Gasteiger partial charge in [0.15, 0.2) is 0 Å². The van der Waals surface area contributed by atoms with Gasteiger partial charge in [0.25, 0.3) is 0 Å². The van der Waals surface area contributed by atoms with Crippen LogP contribution < -0.4 is 0 Å². The van der Waals surface area contributed by atoms with E-state index in [1.165, 1.54) is 4.31 Å². The largest absolute Gasteiger partial charge is 0.445 e. The molecule has 8 heteroatoms. The van der Waals surface area contributed by atoms with Crippen molar-refractivity contribution in [2.24, 2.45) is 0 Å². The molecule has 1 unspecified atom stereocenters. The lowest BCUT2D eigenvalue weighted by Gasteiger charge is -2.38. The summed E-state index contributed by atoms with van der Waals surface area (Å²) in [4.78, 5) is 17.4. The van der Waals surface area contributed by atoms with Gasteiger partial charge in [0.1, 0.15) is 6.61 Å². The zero-order valence-electron chi connectivity index (χ0n) is 23.6. The van der Waals surface area contributed by atoms with Gasteiger partial charge in [-0.25, -0.2) is 17.5 Å². The molecule has 7 nitrogen and oxygen atoms in total. The molecule has 1 heterocycles. The van der Waals surface area contributed by atoms with Gasteiger partial charge >= 0.3 is 6.09 Å². The van der Waals surface area contributed by atoms with Gasteiger partial charge in [-0.05, 0) is 61.9 Å². The number of nitrogens with zero attached hydrogens (tertiary/aromatic N) is 3. The number of likely N-dealkylation sites (tertiary alicyclic amines) is 1. The Labute approximate surface area is 239 Å². The highest BCUT2D eigenvalue weighted by atomic mass is 32.2. The van der Waals surface area contributed by atoms with E-state index < -0.39 is 10.0 Å². The molecule has 214 valence electrons. The van der Waals surface area contributed by atoms with Crippen molar-refractivity contribution in [3.05, 3.63) is 102 Å². The van der Waals surface area contributed by atoms with E-state index in [4.69, 9.17) is 4.74 Å². The number of piperidine rings is 1. The molecule has 1 fully saturated rings. The Kier molecular flexibility index (Phi) is 10.7. The third-order valence-corrected chi connectivity index (χ3v) is 9.61. The van der Waals surface area contributed by atoms with Crippen LogP contribution in [0.2, 0.25) is 0 Å². The van der Waals surface area contributed by atoms with Crippen molar-refractivity contribution in [3.8, 4) is 0 Å². The van der Waals surface area contributed by atoms with Crippen LogP contribution in [0.15, 0.2) is 95.9 Å². The topological polar surface area (TPSA) is 70.2 Å². The van der Waals surface area contributed by atoms with Gasteiger partial charge < -0.3 is 14.5 Å². The van der Waals surface area contributed by atoms with Crippen LogP contribution in [0.1, 0.15) is 43.2 Å². The molecule has 0 spiro atoms. The van der Waals surface area contributed by atoms with E-state index in [-0.39, 0.29) is 24.7 Å². The van der Waals surface area contributed by atoms with Gasteiger partial charge in [-0.2, -0.15) is 0 Å². The summed E-state index contributed by atoms with van der Waals surface area (Å²) in [5.74, 6) is 0.0718. The van der Waals surface area contributed by atoms with Crippen LogP contribution in [0.4, 0.5) is 4.79 Å². The molecule has 1 amide bonds. The van der Waals surface area contributed by atoms with Crippen LogP contribution >= 0.6 is 0 Å². The fourth-order valence-electron chi connectivity index (χ4n) is 5.40. The smallest absolute Gasteiger partial charge is 0.410 e. The quantitative estimate of drug-likeness (QED) is 0.287. The average Bonchev–Trinajstić information content (AvgIpc) is 3.00.